The maximum absolute atomic E-state index is 13.7. The first-order chi connectivity index (χ1) is 21.0. The predicted molar refractivity (Wildman–Crippen MR) is 162 cm³/mol. The van der Waals surface area contributed by atoms with Gasteiger partial charge < -0.3 is 9.84 Å². The molecule has 1 fully saturated rings. The van der Waals surface area contributed by atoms with Crippen LogP contribution in [0.3, 0.4) is 0 Å². The van der Waals surface area contributed by atoms with E-state index in [4.69, 9.17) is 16.3 Å². The van der Waals surface area contributed by atoms with Crippen molar-refractivity contribution >= 4 is 50.7 Å². The van der Waals surface area contributed by atoms with E-state index >= 15 is 0 Å². The number of carbonyl (C=O) groups excluding carboxylic acids is 3. The molecule has 15 heteroatoms. The molecule has 0 bridgehead atoms. The van der Waals surface area contributed by atoms with Gasteiger partial charge in [-0.1, -0.05) is 54.1 Å². The quantitative estimate of drug-likeness (QED) is 0.252. The van der Waals surface area contributed by atoms with Crippen molar-refractivity contribution in [1.82, 2.24) is 23.4 Å². The van der Waals surface area contributed by atoms with Crippen LogP contribution >= 0.6 is 22.9 Å². The van der Waals surface area contributed by atoms with Gasteiger partial charge in [-0.2, -0.15) is 17.7 Å². The lowest BCUT2D eigenvalue weighted by Crippen LogP contribution is -2.47. The molecule has 1 aliphatic heterocycles. The number of amides is 1. The van der Waals surface area contributed by atoms with Crippen LogP contribution in [0.1, 0.15) is 61.8 Å². The number of aliphatic hydroxyl groups is 1. The SMILES string of the molecule is CN(C)S(=O)(=O)N1CCC(c2nc(OCc3ccc(Cl)s3)n(C(=O)c3cccc(C(=O)C(O)c4ccccc4)c3)n2)CC1=O. The van der Waals surface area contributed by atoms with E-state index < -0.39 is 39.8 Å². The summed E-state index contributed by atoms with van der Waals surface area (Å²) in [4.78, 5) is 44.8. The van der Waals surface area contributed by atoms with Gasteiger partial charge in [0.15, 0.2) is 11.6 Å². The summed E-state index contributed by atoms with van der Waals surface area (Å²) in [5.74, 6) is -2.30. The van der Waals surface area contributed by atoms with Gasteiger partial charge >= 0.3 is 16.2 Å². The number of hydrogen-bond donors (Lipinski definition) is 1. The van der Waals surface area contributed by atoms with E-state index in [-0.39, 0.29) is 49.0 Å². The van der Waals surface area contributed by atoms with Gasteiger partial charge in [0.05, 0.1) is 4.34 Å². The summed E-state index contributed by atoms with van der Waals surface area (Å²) in [5, 5.41) is 15.0. The van der Waals surface area contributed by atoms with E-state index in [9.17, 15) is 27.9 Å². The molecule has 12 nitrogen and oxygen atoms in total. The zero-order valence-electron chi connectivity index (χ0n) is 23.7. The Morgan fingerprint density at radius 2 is 1.84 bits per heavy atom. The molecule has 230 valence electrons. The molecule has 1 aliphatic rings. The van der Waals surface area contributed by atoms with Gasteiger partial charge in [0, 0.05) is 49.0 Å². The second kappa shape index (κ2) is 13.0. The Hall–Kier alpha value is -3.95. The maximum atomic E-state index is 13.7. The molecule has 0 aliphatic carbocycles. The van der Waals surface area contributed by atoms with Gasteiger partial charge in [0.25, 0.3) is 5.91 Å². The highest BCUT2D eigenvalue weighted by atomic mass is 35.5. The molecule has 5 rings (SSSR count). The van der Waals surface area contributed by atoms with Crippen LogP contribution in [0.2, 0.25) is 4.34 Å². The highest BCUT2D eigenvalue weighted by Crippen LogP contribution is 2.31. The van der Waals surface area contributed by atoms with Gasteiger partial charge in [-0.3, -0.25) is 14.4 Å². The second-order valence-corrected chi connectivity index (χ2v) is 14.0. The van der Waals surface area contributed by atoms with Crippen molar-refractivity contribution in [3.63, 3.8) is 0 Å². The smallest absolute Gasteiger partial charge is 0.323 e. The summed E-state index contributed by atoms with van der Waals surface area (Å²) in [6, 6.07) is 17.6. The average Bonchev–Trinajstić information content (AvgIpc) is 3.65. The number of halogens is 1. The van der Waals surface area contributed by atoms with Gasteiger partial charge in [0.2, 0.25) is 5.91 Å². The van der Waals surface area contributed by atoms with Crippen LogP contribution in [0.4, 0.5) is 0 Å². The van der Waals surface area contributed by atoms with Crippen molar-refractivity contribution in [2.75, 3.05) is 20.6 Å². The fourth-order valence-electron chi connectivity index (χ4n) is 4.62. The largest absolute Gasteiger partial charge is 0.458 e. The molecular weight excluding hydrogens is 630 g/mol. The first kappa shape index (κ1) is 31.5. The second-order valence-electron chi connectivity index (χ2n) is 10.2. The van der Waals surface area contributed by atoms with E-state index in [1.165, 1.54) is 49.7 Å². The molecule has 0 saturated carbocycles. The van der Waals surface area contributed by atoms with Gasteiger partial charge in [-0.05, 0) is 36.2 Å². The number of benzene rings is 2. The molecule has 0 spiro atoms. The number of Topliss-reactive ketones (excluding diaryl/α,β-unsaturated/α-hetero) is 1. The van der Waals surface area contributed by atoms with Crippen molar-refractivity contribution in [3.8, 4) is 6.01 Å². The molecule has 2 unspecified atom stereocenters. The fraction of sp³-hybridized carbons (Fsp3) is 0.276. The number of carbonyl (C=O) groups is 3. The zero-order chi connectivity index (χ0) is 31.6. The van der Waals surface area contributed by atoms with E-state index in [1.54, 1.807) is 42.5 Å². The highest BCUT2D eigenvalue weighted by Gasteiger charge is 2.37. The number of aliphatic hydroxyl groups excluding tert-OH is 1. The van der Waals surface area contributed by atoms with Crippen LogP contribution in [-0.4, -0.2) is 75.1 Å². The van der Waals surface area contributed by atoms with Crippen LogP contribution in [0.25, 0.3) is 0 Å². The number of ether oxygens (including phenoxy) is 1. The third-order valence-corrected chi connectivity index (χ3v) is 10.1. The molecule has 4 aromatic rings. The minimum atomic E-state index is -3.94. The molecule has 44 heavy (non-hydrogen) atoms. The number of thiophene rings is 1. The summed E-state index contributed by atoms with van der Waals surface area (Å²) in [7, 11) is -1.25. The molecule has 0 radical (unpaired) electrons. The van der Waals surface area contributed by atoms with Crippen molar-refractivity contribution in [3.05, 3.63) is 98.5 Å². The highest BCUT2D eigenvalue weighted by molar-refractivity contribution is 7.87. The number of hydrogen-bond acceptors (Lipinski definition) is 10. The van der Waals surface area contributed by atoms with Crippen LogP contribution < -0.4 is 4.74 Å². The molecule has 2 aromatic carbocycles. The maximum Gasteiger partial charge on any atom is 0.323 e. The Morgan fingerprint density at radius 3 is 2.50 bits per heavy atom. The third kappa shape index (κ3) is 6.59. The first-order valence-electron chi connectivity index (χ1n) is 13.4. The molecule has 2 atom stereocenters. The number of piperidine rings is 1. The number of ketones is 1. The van der Waals surface area contributed by atoms with Crippen molar-refractivity contribution in [2.45, 2.75) is 31.5 Å². The van der Waals surface area contributed by atoms with Crippen LogP contribution in [-0.2, 0) is 21.6 Å². The normalized spacial score (nSPS) is 16.2. The lowest BCUT2D eigenvalue weighted by Gasteiger charge is -2.31. The molecular formula is C29H28ClN5O7S2. The molecule has 1 N–H and O–H groups in total. The molecule has 3 heterocycles. The Morgan fingerprint density at radius 1 is 1.11 bits per heavy atom. The first-order valence-corrected chi connectivity index (χ1v) is 16.0. The zero-order valence-corrected chi connectivity index (χ0v) is 26.1. The van der Waals surface area contributed by atoms with Crippen LogP contribution in [0, 0.1) is 0 Å². The van der Waals surface area contributed by atoms with E-state index in [0.717, 1.165) is 18.2 Å². The molecule has 1 saturated heterocycles. The fourth-order valence-corrected chi connectivity index (χ4v) is 6.69. The van der Waals surface area contributed by atoms with E-state index in [0.29, 0.717) is 9.90 Å². The number of rotatable bonds is 10. The Kier molecular flexibility index (Phi) is 9.27. The molecule has 2 aromatic heterocycles. The minimum Gasteiger partial charge on any atom is -0.458 e. The number of aromatic nitrogens is 3. The summed E-state index contributed by atoms with van der Waals surface area (Å²) < 4.78 is 34.3. The predicted octanol–water partition coefficient (Wildman–Crippen LogP) is 3.69. The summed E-state index contributed by atoms with van der Waals surface area (Å²) in [6.45, 7) is -0.0483. The standard InChI is InChI=1S/C29H28ClN5O7S2/c1-33(2)44(40,41)34-14-13-20(16-24(34)36)27-31-29(42-17-22-11-12-23(30)43-22)35(32-27)28(39)21-10-6-9-19(15-21)26(38)25(37)18-7-4-3-5-8-18/h3-12,15,20,25,37H,13-14,16-17H2,1-2H3. The van der Waals surface area contributed by atoms with Crippen LogP contribution in [0.15, 0.2) is 66.7 Å². The Bertz CT molecular complexity index is 1810. The van der Waals surface area contributed by atoms with Gasteiger partial charge in [0.1, 0.15) is 12.7 Å². The lowest BCUT2D eigenvalue weighted by molar-refractivity contribution is -0.128. The lowest BCUT2D eigenvalue weighted by atomic mass is 9.97. The molecule has 1 amide bonds. The van der Waals surface area contributed by atoms with Crippen molar-refractivity contribution in [2.24, 2.45) is 0 Å². The van der Waals surface area contributed by atoms with Gasteiger partial charge in [-0.15, -0.1) is 21.1 Å². The summed E-state index contributed by atoms with van der Waals surface area (Å²) in [5.41, 5.74) is 0.612. The third-order valence-electron chi connectivity index (χ3n) is 7.00. The van der Waals surface area contributed by atoms with Crippen LogP contribution in [0.5, 0.6) is 6.01 Å². The van der Waals surface area contributed by atoms with Crippen molar-refractivity contribution < 1.29 is 32.6 Å². The Labute approximate surface area is 262 Å². The summed E-state index contributed by atoms with van der Waals surface area (Å²) in [6.07, 6.45) is -1.37. The van der Waals surface area contributed by atoms with E-state index in [1.807, 2.05) is 0 Å². The van der Waals surface area contributed by atoms with Crippen molar-refractivity contribution in [1.29, 1.82) is 0 Å². The average molecular weight is 658 g/mol. The summed E-state index contributed by atoms with van der Waals surface area (Å²) >= 11 is 7.33. The minimum absolute atomic E-state index is 0.0308. The van der Waals surface area contributed by atoms with E-state index in [2.05, 4.69) is 10.1 Å². The van der Waals surface area contributed by atoms with Gasteiger partial charge in [-0.25, -0.2) is 4.31 Å². The number of nitrogens with zero attached hydrogens (tertiary/aromatic N) is 5. The monoisotopic (exact) mass is 657 g/mol. The Balaban J connectivity index is 1.43. The topological polar surface area (TPSA) is 152 Å².